The van der Waals surface area contributed by atoms with Crippen molar-refractivity contribution in [2.24, 2.45) is 0 Å². The molecule has 0 fully saturated rings. The maximum atomic E-state index is 11.7. The molecule has 0 spiro atoms. The van der Waals surface area contributed by atoms with E-state index in [4.69, 9.17) is 0 Å². The van der Waals surface area contributed by atoms with Crippen LogP contribution in [0.3, 0.4) is 0 Å². The van der Waals surface area contributed by atoms with Crippen molar-refractivity contribution in [3.8, 4) is 5.75 Å². The number of rotatable bonds is 8. The molecule has 0 heterocycles. The normalized spacial score (nSPS) is 15.1. The third-order valence-corrected chi connectivity index (χ3v) is 8.72. The Labute approximate surface area is 218 Å². The fraction of sp³-hybridized carbons (Fsp3) is 0.625. The highest BCUT2D eigenvalue weighted by molar-refractivity contribution is 7.48. The molecule has 2 rings (SSSR count). The van der Waals surface area contributed by atoms with Gasteiger partial charge in [-0.15, -0.1) is 0 Å². The van der Waals surface area contributed by atoms with Gasteiger partial charge in [0.25, 0.3) is 0 Å². The van der Waals surface area contributed by atoms with Gasteiger partial charge >= 0.3 is 0 Å². The van der Waals surface area contributed by atoms with E-state index < -0.39 is 0 Å². The molecule has 0 radical (unpaired) electrons. The van der Waals surface area contributed by atoms with Crippen molar-refractivity contribution in [1.29, 1.82) is 0 Å². The summed E-state index contributed by atoms with van der Waals surface area (Å²) in [6.45, 7) is 27.8. The number of phenolic OH excluding ortho intramolecular Hbond substituents is 1. The SMILES string of the molecule is CCCCC(C)(Pc1ccc(C)cc1CNC(C)(C)C)c1cc(C(C)(C)C)cc(C(C)(C)C)c1O. The smallest absolute Gasteiger partial charge is 0.123 e. The molecular formula is C32H52NOP. The molecule has 0 aliphatic heterocycles. The molecule has 3 heteroatoms. The zero-order chi connectivity index (χ0) is 26.8. The number of aromatic hydroxyl groups is 1. The summed E-state index contributed by atoms with van der Waals surface area (Å²) in [6.07, 6.45) is 3.36. The van der Waals surface area contributed by atoms with Crippen LogP contribution in [0.25, 0.3) is 0 Å². The van der Waals surface area contributed by atoms with Crippen LogP contribution >= 0.6 is 8.58 Å². The number of phenols is 1. The highest BCUT2D eigenvalue weighted by Gasteiger charge is 2.35. The lowest BCUT2D eigenvalue weighted by molar-refractivity contribution is 0.424. The Morgan fingerprint density at radius 3 is 1.94 bits per heavy atom. The van der Waals surface area contributed by atoms with Gasteiger partial charge in [-0.1, -0.05) is 113 Å². The maximum absolute atomic E-state index is 11.7. The first-order valence-corrected chi connectivity index (χ1v) is 14.4. The van der Waals surface area contributed by atoms with E-state index in [1.54, 1.807) is 0 Å². The van der Waals surface area contributed by atoms with Crippen molar-refractivity contribution in [2.45, 2.75) is 130 Å². The highest BCUT2D eigenvalue weighted by atomic mass is 31.1. The topological polar surface area (TPSA) is 32.3 Å². The van der Waals surface area contributed by atoms with Crippen molar-refractivity contribution >= 4 is 13.9 Å². The van der Waals surface area contributed by atoms with Gasteiger partial charge < -0.3 is 10.4 Å². The van der Waals surface area contributed by atoms with Crippen LogP contribution in [0.4, 0.5) is 0 Å². The second-order valence-corrected chi connectivity index (χ2v) is 15.6. The van der Waals surface area contributed by atoms with Crippen molar-refractivity contribution in [3.05, 3.63) is 58.1 Å². The van der Waals surface area contributed by atoms with Gasteiger partial charge in [-0.05, 0) is 66.9 Å². The average Bonchev–Trinajstić information content (AvgIpc) is 2.70. The van der Waals surface area contributed by atoms with Gasteiger partial charge in [0.1, 0.15) is 5.75 Å². The summed E-state index contributed by atoms with van der Waals surface area (Å²) in [7, 11) is 0.580. The Morgan fingerprint density at radius 1 is 0.829 bits per heavy atom. The van der Waals surface area contributed by atoms with Gasteiger partial charge in [-0.25, -0.2) is 0 Å². The minimum Gasteiger partial charge on any atom is -0.507 e. The van der Waals surface area contributed by atoms with Crippen LogP contribution in [-0.2, 0) is 22.5 Å². The first kappa shape index (κ1) is 29.9. The molecule has 2 unspecified atom stereocenters. The van der Waals surface area contributed by atoms with Gasteiger partial charge in [0.15, 0.2) is 0 Å². The first-order valence-electron chi connectivity index (χ1n) is 13.4. The monoisotopic (exact) mass is 497 g/mol. The van der Waals surface area contributed by atoms with Crippen molar-refractivity contribution in [2.75, 3.05) is 0 Å². The van der Waals surface area contributed by atoms with E-state index in [-0.39, 0.29) is 21.5 Å². The first-order chi connectivity index (χ1) is 15.9. The largest absolute Gasteiger partial charge is 0.507 e. The van der Waals surface area contributed by atoms with E-state index in [9.17, 15) is 5.11 Å². The van der Waals surface area contributed by atoms with Gasteiger partial charge in [-0.3, -0.25) is 0 Å². The van der Waals surface area contributed by atoms with Gasteiger partial charge in [0.2, 0.25) is 0 Å². The molecule has 0 saturated heterocycles. The highest BCUT2D eigenvalue weighted by Crippen LogP contribution is 2.51. The van der Waals surface area contributed by atoms with Crippen molar-refractivity contribution in [1.82, 2.24) is 5.32 Å². The van der Waals surface area contributed by atoms with Crippen LogP contribution in [0.5, 0.6) is 5.75 Å². The van der Waals surface area contributed by atoms with Crippen LogP contribution < -0.4 is 10.6 Å². The summed E-state index contributed by atoms with van der Waals surface area (Å²) in [5.41, 5.74) is 6.12. The van der Waals surface area contributed by atoms with E-state index >= 15 is 0 Å². The summed E-state index contributed by atoms with van der Waals surface area (Å²) in [5.74, 6) is 0.498. The van der Waals surface area contributed by atoms with Crippen LogP contribution in [0.2, 0.25) is 0 Å². The number of hydrogen-bond acceptors (Lipinski definition) is 2. The van der Waals surface area contributed by atoms with Gasteiger partial charge in [-0.2, -0.15) is 0 Å². The van der Waals surface area contributed by atoms with E-state index in [2.05, 4.69) is 119 Å². The number of aryl methyl sites for hydroxylation is 1. The maximum Gasteiger partial charge on any atom is 0.123 e. The Balaban J connectivity index is 2.70. The molecule has 196 valence electrons. The number of benzene rings is 2. The summed E-state index contributed by atoms with van der Waals surface area (Å²) in [5, 5.41) is 16.7. The second-order valence-electron chi connectivity index (χ2n) is 13.7. The summed E-state index contributed by atoms with van der Waals surface area (Å²) in [6, 6.07) is 11.5. The molecule has 0 saturated carbocycles. The fourth-order valence-corrected chi connectivity index (χ4v) is 6.21. The molecule has 0 bridgehead atoms. The predicted molar refractivity (Wildman–Crippen MR) is 158 cm³/mol. The van der Waals surface area contributed by atoms with E-state index in [0.717, 1.165) is 36.9 Å². The van der Waals surface area contributed by atoms with Crippen LogP contribution in [0, 0.1) is 6.92 Å². The predicted octanol–water partition coefficient (Wildman–Crippen LogP) is 8.59. The van der Waals surface area contributed by atoms with E-state index in [0.29, 0.717) is 14.3 Å². The Kier molecular flexibility index (Phi) is 9.33. The summed E-state index contributed by atoms with van der Waals surface area (Å²) >= 11 is 0. The molecule has 2 nitrogen and oxygen atoms in total. The molecule has 0 aromatic heterocycles. The molecule has 2 aromatic rings. The molecule has 0 aliphatic rings. The average molecular weight is 498 g/mol. The molecule has 2 N–H and O–H groups in total. The van der Waals surface area contributed by atoms with Crippen LogP contribution in [0.15, 0.2) is 30.3 Å². The molecular weight excluding hydrogens is 445 g/mol. The van der Waals surface area contributed by atoms with Gasteiger partial charge in [0, 0.05) is 22.8 Å². The Morgan fingerprint density at radius 2 is 1.43 bits per heavy atom. The quantitative estimate of drug-likeness (QED) is 0.358. The lowest BCUT2D eigenvalue weighted by Crippen LogP contribution is -2.36. The van der Waals surface area contributed by atoms with E-state index in [1.165, 1.54) is 22.0 Å². The molecule has 35 heavy (non-hydrogen) atoms. The van der Waals surface area contributed by atoms with Crippen molar-refractivity contribution < 1.29 is 5.11 Å². The zero-order valence-corrected chi connectivity index (χ0v) is 25.7. The minimum atomic E-state index is -0.132. The second kappa shape index (κ2) is 10.9. The number of unbranched alkanes of at least 4 members (excludes halogenated alkanes) is 1. The van der Waals surface area contributed by atoms with Crippen LogP contribution in [-0.4, -0.2) is 10.6 Å². The molecule has 0 aliphatic carbocycles. The van der Waals surface area contributed by atoms with Crippen molar-refractivity contribution in [3.63, 3.8) is 0 Å². The molecule has 2 aromatic carbocycles. The lowest BCUT2D eigenvalue weighted by atomic mass is 9.77. The third-order valence-electron chi connectivity index (χ3n) is 6.89. The van der Waals surface area contributed by atoms with E-state index in [1.807, 2.05) is 0 Å². The third kappa shape index (κ3) is 8.06. The van der Waals surface area contributed by atoms with Gasteiger partial charge in [0.05, 0.1) is 0 Å². The Hall–Kier alpha value is -1.37. The minimum absolute atomic E-state index is 0.0167. The summed E-state index contributed by atoms with van der Waals surface area (Å²) in [4.78, 5) is 0. The fourth-order valence-electron chi connectivity index (χ4n) is 4.50. The summed E-state index contributed by atoms with van der Waals surface area (Å²) < 4.78 is 0. The lowest BCUT2D eigenvalue weighted by Gasteiger charge is -2.36. The number of hydrogen-bond donors (Lipinski definition) is 2. The molecule has 0 amide bonds. The van der Waals surface area contributed by atoms with Crippen LogP contribution in [0.1, 0.15) is 123 Å². The Bertz CT molecular complexity index is 1000. The standard InChI is InChI=1S/C32H52NOP/c1-13-14-17-32(12,35-27-16-15-22(2)18-23(27)21-33-31(9,10)11)26-20-24(29(3,4)5)19-25(28(26)34)30(6,7)8/h15-16,18-20,33-35H,13-14,17,21H2,1-12H3. The molecule has 2 atom stereocenters. The number of nitrogens with one attached hydrogen (secondary N) is 1. The zero-order valence-electron chi connectivity index (χ0n) is 24.7.